The molecule has 1 aromatic heterocycles. The van der Waals surface area contributed by atoms with Gasteiger partial charge in [0.05, 0.1) is 22.8 Å². The Morgan fingerprint density at radius 2 is 1.65 bits per heavy atom. The van der Waals surface area contributed by atoms with Gasteiger partial charge >= 0.3 is 0 Å². The van der Waals surface area contributed by atoms with Gasteiger partial charge in [0.1, 0.15) is 10.6 Å². The molecule has 162 valence electrons. The highest BCUT2D eigenvalue weighted by Gasteiger charge is 2.31. The van der Waals surface area contributed by atoms with E-state index in [0.29, 0.717) is 37.7 Å². The Hall–Kier alpha value is -2.39. The number of aromatic nitrogens is 2. The lowest BCUT2D eigenvalue weighted by molar-refractivity contribution is 0.383. The summed E-state index contributed by atoms with van der Waals surface area (Å²) in [6.45, 7) is 1.59. The third-order valence-electron chi connectivity index (χ3n) is 5.13. The molecule has 0 aliphatic carbocycles. The number of hydrogen-bond acceptors (Lipinski definition) is 6. The lowest BCUT2D eigenvalue weighted by Gasteiger charge is -2.34. The van der Waals surface area contributed by atoms with Gasteiger partial charge < -0.3 is 9.64 Å². The number of halogens is 2. The van der Waals surface area contributed by atoms with Crippen LogP contribution < -0.4 is 9.64 Å². The number of para-hydroxylation sites is 1. The minimum atomic E-state index is -3.73. The van der Waals surface area contributed by atoms with Crippen molar-refractivity contribution in [1.82, 2.24) is 14.5 Å². The topological polar surface area (TPSA) is 75.6 Å². The number of benzene rings is 2. The number of methoxy groups -OCH3 is 1. The van der Waals surface area contributed by atoms with Crippen molar-refractivity contribution in [2.45, 2.75) is 4.90 Å². The molecule has 10 heteroatoms. The zero-order valence-corrected chi connectivity index (χ0v) is 19.0. The number of piperazine rings is 1. The molecule has 0 N–H and O–H groups in total. The number of sulfonamides is 1. The van der Waals surface area contributed by atoms with E-state index in [1.165, 1.54) is 10.4 Å². The van der Waals surface area contributed by atoms with Gasteiger partial charge in [-0.05, 0) is 36.4 Å². The fraction of sp³-hybridized carbons (Fsp3) is 0.238. The Labute approximate surface area is 191 Å². The highest BCUT2D eigenvalue weighted by Crippen LogP contribution is 2.32. The Morgan fingerprint density at radius 1 is 0.903 bits per heavy atom. The van der Waals surface area contributed by atoms with Crippen LogP contribution in [0.15, 0.2) is 59.5 Å². The molecule has 1 aliphatic rings. The molecule has 1 aliphatic heterocycles. The molecule has 0 amide bonds. The molecule has 1 saturated heterocycles. The second-order valence-corrected chi connectivity index (χ2v) is 9.61. The molecule has 2 heterocycles. The molecular formula is C21H20Cl2N4O3S. The van der Waals surface area contributed by atoms with Gasteiger partial charge in [-0.1, -0.05) is 41.4 Å². The van der Waals surface area contributed by atoms with E-state index in [2.05, 4.69) is 10.2 Å². The van der Waals surface area contributed by atoms with Crippen molar-refractivity contribution in [3.8, 4) is 17.0 Å². The van der Waals surface area contributed by atoms with Crippen LogP contribution in [0, 0.1) is 0 Å². The second-order valence-electron chi connectivity index (χ2n) is 6.92. The third-order valence-corrected chi connectivity index (χ3v) is 8.00. The average molecular weight is 479 g/mol. The first-order chi connectivity index (χ1) is 14.9. The smallest absolute Gasteiger partial charge is 0.244 e. The molecule has 0 saturated carbocycles. The van der Waals surface area contributed by atoms with Crippen LogP contribution in [0.2, 0.25) is 10.0 Å². The lowest BCUT2D eigenvalue weighted by atomic mass is 10.1. The SMILES string of the molecule is COc1ccccc1-c1ccc(N2CCN(S(=O)(=O)c3cccc(Cl)c3Cl)CC2)nn1. The van der Waals surface area contributed by atoms with Crippen molar-refractivity contribution in [3.05, 3.63) is 64.6 Å². The highest BCUT2D eigenvalue weighted by atomic mass is 35.5. The van der Waals surface area contributed by atoms with Gasteiger partial charge in [0, 0.05) is 31.7 Å². The number of hydrogen-bond donors (Lipinski definition) is 0. The molecular weight excluding hydrogens is 459 g/mol. The summed E-state index contributed by atoms with van der Waals surface area (Å²) >= 11 is 12.1. The number of rotatable bonds is 5. The number of anilines is 1. The van der Waals surface area contributed by atoms with Gasteiger partial charge in [-0.15, -0.1) is 10.2 Å². The maximum absolute atomic E-state index is 13.0. The molecule has 2 aromatic carbocycles. The van der Waals surface area contributed by atoms with E-state index in [-0.39, 0.29) is 14.9 Å². The molecule has 7 nitrogen and oxygen atoms in total. The quantitative estimate of drug-likeness (QED) is 0.552. The summed E-state index contributed by atoms with van der Waals surface area (Å²) in [6.07, 6.45) is 0. The predicted molar refractivity (Wildman–Crippen MR) is 121 cm³/mol. The first-order valence-corrected chi connectivity index (χ1v) is 11.8. The molecule has 3 aromatic rings. The van der Waals surface area contributed by atoms with Crippen LogP contribution in [-0.2, 0) is 10.0 Å². The second kappa shape index (κ2) is 9.00. The normalized spacial score (nSPS) is 15.1. The molecule has 1 fully saturated rings. The fourth-order valence-corrected chi connectivity index (χ4v) is 5.63. The molecule has 4 rings (SSSR count). The standard InChI is InChI=1S/C21H20Cl2N4O3S/c1-30-18-7-3-2-5-15(18)17-9-10-20(25-24-17)26-11-13-27(14-12-26)31(28,29)19-8-4-6-16(22)21(19)23/h2-10H,11-14H2,1H3. The van der Waals surface area contributed by atoms with Crippen molar-refractivity contribution in [2.24, 2.45) is 0 Å². The van der Waals surface area contributed by atoms with Crippen LogP contribution >= 0.6 is 23.2 Å². The predicted octanol–water partition coefficient (Wildman–Crippen LogP) is 3.97. The molecule has 0 atom stereocenters. The summed E-state index contributed by atoms with van der Waals surface area (Å²) in [6, 6.07) is 16.0. The Bertz CT molecular complexity index is 1180. The third kappa shape index (κ3) is 4.34. The molecule has 0 radical (unpaired) electrons. The van der Waals surface area contributed by atoms with Crippen LogP contribution in [0.1, 0.15) is 0 Å². The summed E-state index contributed by atoms with van der Waals surface area (Å²) in [5.41, 5.74) is 1.57. The molecule has 0 spiro atoms. The molecule has 31 heavy (non-hydrogen) atoms. The summed E-state index contributed by atoms with van der Waals surface area (Å²) in [7, 11) is -2.12. The Kier molecular flexibility index (Phi) is 6.34. The minimum Gasteiger partial charge on any atom is -0.496 e. The first kappa shape index (κ1) is 21.8. The largest absolute Gasteiger partial charge is 0.496 e. The van der Waals surface area contributed by atoms with Crippen LogP contribution in [-0.4, -0.2) is 56.2 Å². The van der Waals surface area contributed by atoms with E-state index < -0.39 is 10.0 Å². The fourth-order valence-electron chi connectivity index (χ4n) is 3.47. The summed E-state index contributed by atoms with van der Waals surface area (Å²) in [5, 5.41) is 8.93. The van der Waals surface area contributed by atoms with Crippen LogP contribution in [0.25, 0.3) is 11.3 Å². The van der Waals surface area contributed by atoms with Gasteiger partial charge in [0.15, 0.2) is 5.82 Å². The average Bonchev–Trinajstić information content (AvgIpc) is 2.81. The highest BCUT2D eigenvalue weighted by molar-refractivity contribution is 7.89. The summed E-state index contributed by atoms with van der Waals surface area (Å²) in [4.78, 5) is 2.03. The van der Waals surface area contributed by atoms with Crippen molar-refractivity contribution in [2.75, 3.05) is 38.2 Å². The van der Waals surface area contributed by atoms with Gasteiger partial charge in [0.25, 0.3) is 0 Å². The van der Waals surface area contributed by atoms with E-state index in [1.807, 2.05) is 41.3 Å². The monoisotopic (exact) mass is 478 g/mol. The maximum atomic E-state index is 13.0. The summed E-state index contributed by atoms with van der Waals surface area (Å²) < 4.78 is 32.8. The van der Waals surface area contributed by atoms with E-state index in [9.17, 15) is 8.42 Å². The van der Waals surface area contributed by atoms with Crippen molar-refractivity contribution >= 4 is 39.0 Å². The van der Waals surface area contributed by atoms with Gasteiger partial charge in [-0.2, -0.15) is 4.31 Å². The Balaban J connectivity index is 1.47. The van der Waals surface area contributed by atoms with Gasteiger partial charge in [-0.25, -0.2) is 8.42 Å². The van der Waals surface area contributed by atoms with Crippen molar-refractivity contribution < 1.29 is 13.2 Å². The van der Waals surface area contributed by atoms with E-state index in [1.54, 1.807) is 19.2 Å². The Morgan fingerprint density at radius 3 is 2.32 bits per heavy atom. The van der Waals surface area contributed by atoms with Crippen molar-refractivity contribution in [3.63, 3.8) is 0 Å². The van der Waals surface area contributed by atoms with E-state index in [0.717, 1.165) is 11.3 Å². The first-order valence-electron chi connectivity index (χ1n) is 9.58. The van der Waals surface area contributed by atoms with Crippen LogP contribution in [0.3, 0.4) is 0 Å². The number of ether oxygens (including phenoxy) is 1. The van der Waals surface area contributed by atoms with Crippen LogP contribution in [0.5, 0.6) is 5.75 Å². The van der Waals surface area contributed by atoms with Crippen molar-refractivity contribution in [1.29, 1.82) is 0 Å². The minimum absolute atomic E-state index is 0.0241. The van der Waals surface area contributed by atoms with Gasteiger partial charge in [-0.3, -0.25) is 0 Å². The number of nitrogens with zero attached hydrogens (tertiary/aromatic N) is 4. The molecule has 0 bridgehead atoms. The van der Waals surface area contributed by atoms with E-state index in [4.69, 9.17) is 27.9 Å². The van der Waals surface area contributed by atoms with Gasteiger partial charge in [0.2, 0.25) is 10.0 Å². The van der Waals surface area contributed by atoms with E-state index >= 15 is 0 Å². The molecule has 0 unspecified atom stereocenters. The zero-order valence-electron chi connectivity index (χ0n) is 16.7. The van der Waals surface area contributed by atoms with Crippen LogP contribution in [0.4, 0.5) is 5.82 Å². The lowest BCUT2D eigenvalue weighted by Crippen LogP contribution is -2.49. The summed E-state index contributed by atoms with van der Waals surface area (Å²) in [5.74, 6) is 1.42. The zero-order chi connectivity index (χ0) is 22.0. The maximum Gasteiger partial charge on any atom is 0.244 e.